The van der Waals surface area contributed by atoms with Crippen molar-refractivity contribution in [2.24, 2.45) is 0 Å². The molecular weight excluding hydrogens is 243 g/mol. The minimum Gasteiger partial charge on any atom is -0.492 e. The number of rotatable bonds is 6. The van der Waals surface area contributed by atoms with Gasteiger partial charge in [-0.1, -0.05) is 11.6 Å². The molecule has 0 aromatic heterocycles. The van der Waals surface area contributed by atoms with Gasteiger partial charge >= 0.3 is 0 Å². The van der Waals surface area contributed by atoms with Crippen LogP contribution in [0.25, 0.3) is 0 Å². The van der Waals surface area contributed by atoms with E-state index in [1.165, 1.54) is 13.2 Å². The van der Waals surface area contributed by atoms with Gasteiger partial charge in [0.1, 0.15) is 5.78 Å². The lowest BCUT2D eigenvalue weighted by atomic mass is 10.1. The number of benzene rings is 1. The minimum absolute atomic E-state index is 0.0825. The first-order chi connectivity index (χ1) is 8.04. The number of hydrogen-bond acceptors (Lipinski definition) is 2. The molecule has 0 atom stereocenters. The summed E-state index contributed by atoms with van der Waals surface area (Å²) in [7, 11) is 1.39. The summed E-state index contributed by atoms with van der Waals surface area (Å²) in [6, 6.07) is 3.13. The highest BCUT2D eigenvalue weighted by Gasteiger charge is 2.09. The summed E-state index contributed by atoms with van der Waals surface area (Å²) < 4.78 is 18.3. The van der Waals surface area contributed by atoms with Gasteiger partial charge in [0.15, 0.2) is 11.6 Å². The summed E-state index contributed by atoms with van der Waals surface area (Å²) >= 11 is 5.88. The second-order valence-corrected chi connectivity index (χ2v) is 4.41. The Balaban J connectivity index is 2.58. The van der Waals surface area contributed by atoms with Crippen LogP contribution >= 0.6 is 11.6 Å². The number of aryl methyl sites for hydroxylation is 1. The first-order valence-electron chi connectivity index (χ1n) is 5.56. The molecule has 2 nitrogen and oxygen atoms in total. The largest absolute Gasteiger partial charge is 0.492 e. The highest BCUT2D eigenvalue weighted by atomic mass is 35.5. The lowest BCUT2D eigenvalue weighted by Gasteiger charge is -2.07. The van der Waals surface area contributed by atoms with Gasteiger partial charge in [-0.3, -0.25) is 0 Å². The van der Waals surface area contributed by atoms with Crippen LogP contribution in [-0.4, -0.2) is 12.9 Å². The van der Waals surface area contributed by atoms with Crippen LogP contribution in [0, 0.1) is 5.82 Å². The van der Waals surface area contributed by atoms with Gasteiger partial charge in [-0.05, 0) is 43.9 Å². The van der Waals surface area contributed by atoms with Crippen molar-refractivity contribution in [1.82, 2.24) is 0 Å². The third-order valence-electron chi connectivity index (χ3n) is 2.51. The summed E-state index contributed by atoms with van der Waals surface area (Å²) in [6.45, 7) is 1.57. The lowest BCUT2D eigenvalue weighted by Crippen LogP contribution is -1.95. The van der Waals surface area contributed by atoms with Gasteiger partial charge < -0.3 is 9.53 Å². The van der Waals surface area contributed by atoms with Crippen LogP contribution in [0.15, 0.2) is 12.1 Å². The normalized spacial score (nSPS) is 10.4. The third-order valence-corrected chi connectivity index (χ3v) is 2.79. The molecule has 0 unspecified atom stereocenters. The van der Waals surface area contributed by atoms with E-state index in [4.69, 9.17) is 16.3 Å². The highest BCUT2D eigenvalue weighted by molar-refractivity contribution is 6.32. The molecular formula is C13H16ClFO2. The molecule has 0 aliphatic heterocycles. The van der Waals surface area contributed by atoms with Crippen molar-refractivity contribution in [3.8, 4) is 5.75 Å². The van der Waals surface area contributed by atoms with Gasteiger partial charge in [-0.2, -0.15) is 0 Å². The molecule has 94 valence electrons. The van der Waals surface area contributed by atoms with E-state index >= 15 is 0 Å². The van der Waals surface area contributed by atoms with Gasteiger partial charge in [0.05, 0.1) is 12.1 Å². The molecule has 0 saturated carbocycles. The van der Waals surface area contributed by atoms with Crippen LogP contribution in [0.4, 0.5) is 4.39 Å². The molecule has 1 aromatic carbocycles. The summed E-state index contributed by atoms with van der Waals surface area (Å²) in [6.07, 6.45) is 2.96. The first-order valence-corrected chi connectivity index (χ1v) is 5.93. The molecule has 1 aromatic rings. The Morgan fingerprint density at radius 2 is 2.12 bits per heavy atom. The van der Waals surface area contributed by atoms with E-state index in [1.54, 1.807) is 13.0 Å². The number of Topliss-reactive ketones (excluding diaryl/α,β-unsaturated/α-hetero) is 1. The zero-order valence-corrected chi connectivity index (χ0v) is 10.8. The summed E-state index contributed by atoms with van der Waals surface area (Å²) in [5.41, 5.74) is 0.830. The summed E-state index contributed by atoms with van der Waals surface area (Å²) in [5, 5.41) is 0.286. The van der Waals surface area contributed by atoms with Crippen LogP contribution in [-0.2, 0) is 11.2 Å². The molecule has 0 aliphatic rings. The van der Waals surface area contributed by atoms with Crippen molar-refractivity contribution in [1.29, 1.82) is 0 Å². The molecule has 0 spiro atoms. The van der Waals surface area contributed by atoms with E-state index in [9.17, 15) is 9.18 Å². The second-order valence-electron chi connectivity index (χ2n) is 4.00. The molecule has 0 radical (unpaired) electrons. The zero-order valence-electron chi connectivity index (χ0n) is 10.1. The average Bonchev–Trinajstić information content (AvgIpc) is 2.24. The fourth-order valence-electron chi connectivity index (χ4n) is 1.65. The number of halogens is 2. The first kappa shape index (κ1) is 14.0. The Kier molecular flexibility index (Phi) is 5.42. The fourth-order valence-corrected chi connectivity index (χ4v) is 1.96. The van der Waals surface area contributed by atoms with E-state index in [0.717, 1.165) is 18.4 Å². The third kappa shape index (κ3) is 4.35. The molecule has 0 heterocycles. The molecule has 0 aliphatic carbocycles. The Hall–Kier alpha value is -1.09. The van der Waals surface area contributed by atoms with Crippen LogP contribution in [0.3, 0.4) is 0 Å². The van der Waals surface area contributed by atoms with E-state index in [-0.39, 0.29) is 16.6 Å². The van der Waals surface area contributed by atoms with Gasteiger partial charge in [0.2, 0.25) is 0 Å². The van der Waals surface area contributed by atoms with Crippen molar-refractivity contribution in [3.05, 3.63) is 28.5 Å². The van der Waals surface area contributed by atoms with Crippen molar-refractivity contribution < 1.29 is 13.9 Å². The van der Waals surface area contributed by atoms with Gasteiger partial charge in [-0.15, -0.1) is 0 Å². The van der Waals surface area contributed by atoms with Gasteiger partial charge in [0, 0.05) is 6.42 Å². The van der Waals surface area contributed by atoms with Crippen molar-refractivity contribution in [3.63, 3.8) is 0 Å². The number of hydrogen-bond donors (Lipinski definition) is 0. The van der Waals surface area contributed by atoms with E-state index < -0.39 is 5.82 Å². The Morgan fingerprint density at radius 3 is 2.65 bits per heavy atom. The maximum Gasteiger partial charge on any atom is 0.173 e. The van der Waals surface area contributed by atoms with Crippen LogP contribution in [0.1, 0.15) is 31.7 Å². The summed E-state index contributed by atoms with van der Waals surface area (Å²) in [4.78, 5) is 10.7. The van der Waals surface area contributed by atoms with E-state index in [0.29, 0.717) is 12.8 Å². The van der Waals surface area contributed by atoms with Crippen molar-refractivity contribution >= 4 is 17.4 Å². The predicted octanol–water partition coefficient (Wildman–Crippen LogP) is 3.79. The van der Waals surface area contributed by atoms with E-state index in [2.05, 4.69) is 0 Å². The smallest absolute Gasteiger partial charge is 0.173 e. The quantitative estimate of drug-likeness (QED) is 0.726. The highest BCUT2D eigenvalue weighted by Crippen LogP contribution is 2.29. The number of carbonyl (C=O) groups is 1. The molecule has 0 bridgehead atoms. The zero-order chi connectivity index (χ0) is 12.8. The number of methoxy groups -OCH3 is 1. The van der Waals surface area contributed by atoms with Crippen LogP contribution in [0.2, 0.25) is 5.02 Å². The molecule has 0 amide bonds. The number of carbonyl (C=O) groups excluding carboxylic acids is 1. The molecule has 4 heteroatoms. The Morgan fingerprint density at radius 1 is 1.41 bits per heavy atom. The minimum atomic E-state index is -0.443. The van der Waals surface area contributed by atoms with Crippen molar-refractivity contribution in [2.45, 2.75) is 32.6 Å². The Labute approximate surface area is 106 Å². The monoisotopic (exact) mass is 258 g/mol. The number of ether oxygens (including phenoxy) is 1. The average molecular weight is 259 g/mol. The molecule has 1 rings (SSSR count). The number of unbranched alkanes of at least 4 members (excludes halogenated alkanes) is 1. The maximum atomic E-state index is 13.5. The second kappa shape index (κ2) is 6.60. The standard InChI is InChI=1S/C13H16ClFO2/c1-9(16)5-3-4-6-10-7-11(14)13(17-2)12(15)8-10/h7-8H,3-6H2,1-2H3. The summed E-state index contributed by atoms with van der Waals surface area (Å²) in [5.74, 6) is -0.176. The fraction of sp³-hybridized carbons (Fsp3) is 0.462. The Bertz CT molecular complexity index is 381. The topological polar surface area (TPSA) is 26.3 Å². The lowest BCUT2D eigenvalue weighted by molar-refractivity contribution is -0.117. The van der Waals surface area contributed by atoms with Crippen molar-refractivity contribution in [2.75, 3.05) is 7.11 Å². The van der Waals surface area contributed by atoms with Gasteiger partial charge in [-0.25, -0.2) is 4.39 Å². The predicted molar refractivity (Wildman–Crippen MR) is 66.2 cm³/mol. The number of ketones is 1. The molecule has 0 saturated heterocycles. The van der Waals surface area contributed by atoms with Gasteiger partial charge in [0.25, 0.3) is 0 Å². The molecule has 0 N–H and O–H groups in total. The van der Waals surface area contributed by atoms with E-state index in [1.807, 2.05) is 0 Å². The van der Waals surface area contributed by atoms with Crippen LogP contribution < -0.4 is 4.74 Å². The maximum absolute atomic E-state index is 13.5. The van der Waals surface area contributed by atoms with Crippen LogP contribution in [0.5, 0.6) is 5.75 Å². The molecule has 17 heavy (non-hydrogen) atoms. The SMILES string of the molecule is COc1c(F)cc(CCCCC(C)=O)cc1Cl. The molecule has 0 fully saturated rings.